The van der Waals surface area contributed by atoms with Gasteiger partial charge >= 0.3 is 0 Å². The molecule has 0 aromatic rings. The van der Waals surface area contributed by atoms with Gasteiger partial charge in [0, 0.05) is 13.1 Å². The van der Waals surface area contributed by atoms with Crippen molar-refractivity contribution in [2.75, 3.05) is 20.1 Å². The van der Waals surface area contributed by atoms with Crippen LogP contribution in [0.1, 0.15) is 20.3 Å². The lowest BCUT2D eigenvalue weighted by Crippen LogP contribution is -2.52. The highest BCUT2D eigenvalue weighted by Gasteiger charge is 2.33. The van der Waals surface area contributed by atoms with Gasteiger partial charge in [-0.05, 0) is 27.3 Å². The number of nitrogens with one attached hydrogen (secondary N) is 1. The van der Waals surface area contributed by atoms with E-state index in [1.54, 1.807) is 11.9 Å². The molecule has 4 heteroatoms. The van der Waals surface area contributed by atoms with E-state index in [1.165, 1.54) is 0 Å². The van der Waals surface area contributed by atoms with Crippen molar-refractivity contribution in [3.63, 3.8) is 0 Å². The van der Waals surface area contributed by atoms with Crippen molar-refractivity contribution in [1.82, 2.24) is 10.2 Å². The van der Waals surface area contributed by atoms with Crippen LogP contribution in [0, 0.1) is 0 Å². The maximum Gasteiger partial charge on any atom is 0.242 e. The Morgan fingerprint density at radius 2 is 2.23 bits per heavy atom. The Morgan fingerprint density at radius 1 is 1.62 bits per heavy atom. The molecule has 1 fully saturated rings. The fourth-order valence-electron chi connectivity index (χ4n) is 1.43. The van der Waals surface area contributed by atoms with Crippen molar-refractivity contribution in [2.24, 2.45) is 0 Å². The van der Waals surface area contributed by atoms with Gasteiger partial charge in [-0.1, -0.05) is 0 Å². The fourth-order valence-corrected chi connectivity index (χ4v) is 1.43. The Balaban J connectivity index is 2.58. The van der Waals surface area contributed by atoms with Crippen molar-refractivity contribution in [3.05, 3.63) is 0 Å². The number of carbonyl (C=O) groups excluding carboxylic acids is 1. The molecule has 76 valence electrons. The predicted octanol–water partition coefficient (Wildman–Crippen LogP) is -0.422. The van der Waals surface area contributed by atoms with Crippen LogP contribution in [0.2, 0.25) is 0 Å². The molecule has 0 radical (unpaired) electrons. The van der Waals surface area contributed by atoms with Crippen LogP contribution in [0.15, 0.2) is 0 Å². The topological polar surface area (TPSA) is 52.6 Å². The molecule has 0 aliphatic carbocycles. The van der Waals surface area contributed by atoms with E-state index < -0.39 is 5.54 Å². The second-order valence-corrected chi connectivity index (χ2v) is 4.07. The molecule has 1 heterocycles. The minimum Gasteiger partial charge on any atom is -0.391 e. The Bertz CT molecular complexity index is 204. The molecule has 1 rings (SSSR count). The summed E-state index contributed by atoms with van der Waals surface area (Å²) in [5, 5.41) is 12.2. The van der Waals surface area contributed by atoms with Gasteiger partial charge in [-0.25, -0.2) is 0 Å². The molecule has 2 N–H and O–H groups in total. The summed E-state index contributed by atoms with van der Waals surface area (Å²) in [6, 6.07) is 0. The van der Waals surface area contributed by atoms with E-state index in [2.05, 4.69) is 5.32 Å². The number of likely N-dealkylation sites (tertiary alicyclic amines) is 1. The Morgan fingerprint density at radius 3 is 2.62 bits per heavy atom. The molecule has 0 bridgehead atoms. The van der Waals surface area contributed by atoms with Gasteiger partial charge < -0.3 is 15.3 Å². The Kier molecular flexibility index (Phi) is 2.93. The molecular weight excluding hydrogens is 168 g/mol. The van der Waals surface area contributed by atoms with E-state index in [0.717, 1.165) is 0 Å². The van der Waals surface area contributed by atoms with Crippen LogP contribution in [0.5, 0.6) is 0 Å². The average Bonchev–Trinajstić information content (AvgIpc) is 2.50. The molecule has 4 nitrogen and oxygen atoms in total. The van der Waals surface area contributed by atoms with Crippen LogP contribution in [-0.2, 0) is 4.79 Å². The van der Waals surface area contributed by atoms with Gasteiger partial charge in [0.05, 0.1) is 11.6 Å². The zero-order valence-electron chi connectivity index (χ0n) is 8.50. The first kappa shape index (κ1) is 10.5. The third-order valence-electron chi connectivity index (χ3n) is 2.61. The van der Waals surface area contributed by atoms with Crippen molar-refractivity contribution >= 4 is 5.91 Å². The number of β-amino-alcohol motifs (C(OH)–C–C–N with tert-alkyl or cyclic N) is 1. The minimum absolute atomic E-state index is 0.0616. The second-order valence-electron chi connectivity index (χ2n) is 4.07. The molecule has 0 unspecified atom stereocenters. The number of rotatable bonds is 2. The van der Waals surface area contributed by atoms with E-state index in [4.69, 9.17) is 0 Å². The molecule has 1 amide bonds. The first-order valence-electron chi connectivity index (χ1n) is 4.63. The highest BCUT2D eigenvalue weighted by molar-refractivity contribution is 5.85. The minimum atomic E-state index is -0.524. The van der Waals surface area contributed by atoms with Gasteiger partial charge in [0.1, 0.15) is 0 Å². The highest BCUT2D eigenvalue weighted by Crippen LogP contribution is 2.14. The molecule has 1 atom stereocenters. The van der Waals surface area contributed by atoms with Crippen molar-refractivity contribution < 1.29 is 9.90 Å². The lowest BCUT2D eigenvalue weighted by molar-refractivity contribution is -0.136. The number of hydrogen-bond acceptors (Lipinski definition) is 3. The third-order valence-corrected chi connectivity index (χ3v) is 2.61. The summed E-state index contributed by atoms with van der Waals surface area (Å²) in [6.45, 7) is 4.84. The van der Waals surface area contributed by atoms with Crippen LogP contribution in [0.25, 0.3) is 0 Å². The largest absolute Gasteiger partial charge is 0.391 e. The average molecular weight is 186 g/mol. The summed E-state index contributed by atoms with van der Waals surface area (Å²) in [6.07, 6.45) is 0.363. The number of aliphatic hydroxyl groups is 1. The van der Waals surface area contributed by atoms with Crippen LogP contribution in [0.4, 0.5) is 0 Å². The quantitative estimate of drug-likeness (QED) is 0.615. The van der Waals surface area contributed by atoms with Crippen LogP contribution in [-0.4, -0.2) is 47.7 Å². The summed E-state index contributed by atoms with van der Waals surface area (Å²) in [5.74, 6) is 0.0616. The van der Waals surface area contributed by atoms with Gasteiger partial charge in [0.2, 0.25) is 5.91 Å². The first-order chi connectivity index (χ1) is 5.97. The number of amides is 1. The summed E-state index contributed by atoms with van der Waals surface area (Å²) >= 11 is 0. The van der Waals surface area contributed by atoms with Crippen molar-refractivity contribution in [1.29, 1.82) is 0 Å². The molecule has 0 aromatic carbocycles. The molecule has 13 heavy (non-hydrogen) atoms. The lowest BCUT2D eigenvalue weighted by Gasteiger charge is -2.28. The van der Waals surface area contributed by atoms with Gasteiger partial charge in [-0.2, -0.15) is 0 Å². The molecule has 1 aliphatic heterocycles. The van der Waals surface area contributed by atoms with Gasteiger partial charge in [0.25, 0.3) is 0 Å². The maximum atomic E-state index is 11.8. The number of aliphatic hydroxyl groups excluding tert-OH is 1. The molecule has 0 spiro atoms. The molecule has 1 saturated heterocycles. The van der Waals surface area contributed by atoms with E-state index >= 15 is 0 Å². The number of hydrogen-bond donors (Lipinski definition) is 2. The highest BCUT2D eigenvalue weighted by atomic mass is 16.3. The van der Waals surface area contributed by atoms with Crippen molar-refractivity contribution in [3.8, 4) is 0 Å². The maximum absolute atomic E-state index is 11.8. The van der Waals surface area contributed by atoms with Crippen LogP contribution in [0.3, 0.4) is 0 Å². The zero-order valence-corrected chi connectivity index (χ0v) is 8.50. The van der Waals surface area contributed by atoms with Gasteiger partial charge in [-0.3, -0.25) is 4.79 Å². The first-order valence-corrected chi connectivity index (χ1v) is 4.63. The molecular formula is C9H18N2O2. The second kappa shape index (κ2) is 3.64. The monoisotopic (exact) mass is 186 g/mol. The van der Waals surface area contributed by atoms with E-state index in [9.17, 15) is 9.90 Å². The van der Waals surface area contributed by atoms with Gasteiger partial charge in [0.15, 0.2) is 0 Å². The van der Waals surface area contributed by atoms with Crippen molar-refractivity contribution in [2.45, 2.75) is 31.9 Å². The summed E-state index contributed by atoms with van der Waals surface area (Å²) in [7, 11) is 1.77. The number of likely N-dealkylation sites (N-methyl/N-ethyl adjacent to an activating group) is 1. The van der Waals surface area contributed by atoms with Crippen LogP contribution < -0.4 is 5.32 Å². The van der Waals surface area contributed by atoms with Gasteiger partial charge in [-0.15, -0.1) is 0 Å². The van der Waals surface area contributed by atoms with E-state index in [-0.39, 0.29) is 12.0 Å². The third kappa shape index (κ3) is 2.19. The summed E-state index contributed by atoms with van der Waals surface area (Å²) in [5.41, 5.74) is -0.524. The number of nitrogens with zero attached hydrogens (tertiary/aromatic N) is 1. The fraction of sp³-hybridized carbons (Fsp3) is 0.889. The lowest BCUT2D eigenvalue weighted by atomic mass is 10.0. The molecule has 0 aromatic heterocycles. The summed E-state index contributed by atoms with van der Waals surface area (Å²) in [4.78, 5) is 13.5. The molecule has 1 aliphatic rings. The van der Waals surface area contributed by atoms with Crippen LogP contribution >= 0.6 is 0 Å². The molecule has 0 saturated carbocycles. The Hall–Kier alpha value is -0.610. The SMILES string of the molecule is CNC(C)(C)C(=O)N1CC[C@H](O)C1. The van der Waals surface area contributed by atoms with E-state index in [0.29, 0.717) is 19.5 Å². The van der Waals surface area contributed by atoms with E-state index in [1.807, 2.05) is 13.8 Å². The standard InChI is InChI=1S/C9H18N2O2/c1-9(2,10-3)8(13)11-5-4-7(12)6-11/h7,10,12H,4-6H2,1-3H3/t7-/m0/s1. The normalized spacial score (nSPS) is 23.7. The predicted molar refractivity (Wildman–Crippen MR) is 50.3 cm³/mol. The number of carbonyl (C=O) groups is 1. The Labute approximate surface area is 78.9 Å². The smallest absolute Gasteiger partial charge is 0.242 e. The zero-order chi connectivity index (χ0) is 10.1. The summed E-state index contributed by atoms with van der Waals surface area (Å²) < 4.78 is 0.